The van der Waals surface area contributed by atoms with Gasteiger partial charge in [-0.15, -0.1) is 10.2 Å². The molecule has 8 heteroatoms. The maximum Gasteiger partial charge on any atom is 0.328 e. The smallest absolute Gasteiger partial charge is 0.328 e. The standard InChI is InChI=1S/C17H30N4O2S2/c1-3-5-7-8-11-20-12-10-14(22)21(17(20)23)15-18-19-16(25-15)24-13-9-6-4-2/h14,22H,3-13H2,1-2H3. The fourth-order valence-corrected chi connectivity index (χ4v) is 4.74. The van der Waals surface area contributed by atoms with Gasteiger partial charge in [0.25, 0.3) is 0 Å². The van der Waals surface area contributed by atoms with Crippen LogP contribution in [0.25, 0.3) is 0 Å². The molecular weight excluding hydrogens is 356 g/mol. The number of hydrogen-bond donors (Lipinski definition) is 1. The minimum absolute atomic E-state index is 0.145. The van der Waals surface area contributed by atoms with Crippen LogP contribution >= 0.6 is 23.1 Å². The first-order chi connectivity index (χ1) is 12.2. The topological polar surface area (TPSA) is 69.6 Å². The van der Waals surface area contributed by atoms with Gasteiger partial charge in [-0.1, -0.05) is 69.1 Å². The first kappa shape index (κ1) is 20.5. The molecule has 1 fully saturated rings. The lowest BCUT2D eigenvalue weighted by atomic mass is 10.2. The molecule has 1 aliphatic heterocycles. The molecule has 1 unspecified atom stereocenters. The summed E-state index contributed by atoms with van der Waals surface area (Å²) >= 11 is 3.08. The molecule has 2 amide bonds. The van der Waals surface area contributed by atoms with Crippen LogP contribution in [0, 0.1) is 0 Å². The summed E-state index contributed by atoms with van der Waals surface area (Å²) in [5.74, 6) is 1.02. The number of aliphatic hydroxyl groups excluding tert-OH is 1. The molecule has 0 aromatic carbocycles. The Hall–Kier alpha value is -0.860. The van der Waals surface area contributed by atoms with E-state index < -0.39 is 6.23 Å². The van der Waals surface area contributed by atoms with Gasteiger partial charge in [0.2, 0.25) is 5.13 Å². The average molecular weight is 387 g/mol. The van der Waals surface area contributed by atoms with Crippen molar-refractivity contribution in [1.29, 1.82) is 0 Å². The molecule has 2 rings (SSSR count). The lowest BCUT2D eigenvalue weighted by Gasteiger charge is -2.37. The molecule has 0 spiro atoms. The Morgan fingerprint density at radius 1 is 1.16 bits per heavy atom. The molecule has 6 nitrogen and oxygen atoms in total. The summed E-state index contributed by atoms with van der Waals surface area (Å²) < 4.78 is 0.867. The van der Waals surface area contributed by atoms with Gasteiger partial charge in [0.05, 0.1) is 0 Å². The molecule has 1 N–H and O–H groups in total. The van der Waals surface area contributed by atoms with Gasteiger partial charge in [-0.05, 0) is 12.8 Å². The van der Waals surface area contributed by atoms with E-state index in [4.69, 9.17) is 0 Å². The number of thioether (sulfide) groups is 1. The Kier molecular flexibility index (Phi) is 8.98. The van der Waals surface area contributed by atoms with Gasteiger partial charge in [0.15, 0.2) is 4.34 Å². The molecule has 1 saturated heterocycles. The van der Waals surface area contributed by atoms with E-state index in [2.05, 4.69) is 24.0 Å². The molecule has 1 atom stereocenters. The molecule has 142 valence electrons. The third-order valence-corrected chi connectivity index (χ3v) is 6.43. The molecule has 1 aliphatic rings. The molecule has 0 bridgehead atoms. The van der Waals surface area contributed by atoms with Gasteiger partial charge in [0.1, 0.15) is 6.23 Å². The lowest BCUT2D eigenvalue weighted by Crippen LogP contribution is -2.54. The summed E-state index contributed by atoms with van der Waals surface area (Å²) in [5, 5.41) is 19.1. The van der Waals surface area contributed by atoms with Crippen LogP contribution in [0.1, 0.15) is 65.2 Å². The van der Waals surface area contributed by atoms with Crippen molar-refractivity contribution in [2.24, 2.45) is 0 Å². The van der Waals surface area contributed by atoms with E-state index in [1.165, 1.54) is 41.9 Å². The molecule has 1 aromatic rings. The summed E-state index contributed by atoms with van der Waals surface area (Å²) in [6.07, 6.45) is 7.86. The SMILES string of the molecule is CCCCCCN1CCC(O)N(c2nnc(SCCCCC)s2)C1=O. The highest BCUT2D eigenvalue weighted by Gasteiger charge is 2.35. The normalized spacial score (nSPS) is 18.2. The Morgan fingerprint density at radius 2 is 1.92 bits per heavy atom. The van der Waals surface area contributed by atoms with Crippen LogP contribution in [-0.4, -0.2) is 51.3 Å². The Balaban J connectivity index is 1.91. The maximum atomic E-state index is 12.7. The van der Waals surface area contributed by atoms with Crippen molar-refractivity contribution in [1.82, 2.24) is 15.1 Å². The molecule has 2 heterocycles. The van der Waals surface area contributed by atoms with E-state index in [9.17, 15) is 9.90 Å². The fraction of sp³-hybridized carbons (Fsp3) is 0.824. The summed E-state index contributed by atoms with van der Waals surface area (Å²) in [5.41, 5.74) is 0. The van der Waals surface area contributed by atoms with E-state index in [0.29, 0.717) is 18.1 Å². The zero-order valence-corrected chi connectivity index (χ0v) is 16.9. The first-order valence-electron chi connectivity index (χ1n) is 9.39. The largest absolute Gasteiger partial charge is 0.373 e. The van der Waals surface area contributed by atoms with Crippen LogP contribution < -0.4 is 4.90 Å². The van der Waals surface area contributed by atoms with E-state index in [0.717, 1.165) is 35.9 Å². The number of aliphatic hydroxyl groups is 1. The van der Waals surface area contributed by atoms with Gasteiger partial charge in [-0.2, -0.15) is 0 Å². The number of rotatable bonds is 11. The van der Waals surface area contributed by atoms with E-state index in [1.807, 2.05) is 4.90 Å². The van der Waals surface area contributed by atoms with Crippen molar-refractivity contribution in [3.63, 3.8) is 0 Å². The Morgan fingerprint density at radius 3 is 2.68 bits per heavy atom. The summed E-state index contributed by atoms with van der Waals surface area (Å²) in [6, 6.07) is -0.145. The number of carbonyl (C=O) groups excluding carboxylic acids is 1. The molecule has 25 heavy (non-hydrogen) atoms. The number of carbonyl (C=O) groups is 1. The van der Waals surface area contributed by atoms with E-state index >= 15 is 0 Å². The van der Waals surface area contributed by atoms with Crippen molar-refractivity contribution in [2.75, 3.05) is 23.7 Å². The highest BCUT2D eigenvalue weighted by molar-refractivity contribution is 8.01. The second-order valence-corrected chi connectivity index (χ2v) is 8.67. The highest BCUT2D eigenvalue weighted by Crippen LogP contribution is 2.32. The van der Waals surface area contributed by atoms with Crippen LogP contribution in [-0.2, 0) is 0 Å². The average Bonchev–Trinajstić information content (AvgIpc) is 3.06. The van der Waals surface area contributed by atoms with Gasteiger partial charge in [-0.3, -0.25) is 0 Å². The van der Waals surface area contributed by atoms with Crippen molar-refractivity contribution in [2.45, 2.75) is 75.8 Å². The number of urea groups is 1. The van der Waals surface area contributed by atoms with Crippen LogP contribution in [0.15, 0.2) is 4.34 Å². The quantitative estimate of drug-likeness (QED) is 0.348. The van der Waals surface area contributed by atoms with Crippen LogP contribution in [0.5, 0.6) is 0 Å². The van der Waals surface area contributed by atoms with Crippen molar-refractivity contribution < 1.29 is 9.90 Å². The van der Waals surface area contributed by atoms with Crippen LogP contribution in [0.4, 0.5) is 9.93 Å². The van der Waals surface area contributed by atoms with E-state index in [1.54, 1.807) is 11.8 Å². The monoisotopic (exact) mass is 386 g/mol. The number of unbranched alkanes of at least 4 members (excludes halogenated alkanes) is 5. The first-order valence-corrected chi connectivity index (χ1v) is 11.2. The van der Waals surface area contributed by atoms with Crippen molar-refractivity contribution in [3.05, 3.63) is 0 Å². The predicted molar refractivity (Wildman–Crippen MR) is 104 cm³/mol. The lowest BCUT2D eigenvalue weighted by molar-refractivity contribution is 0.108. The summed E-state index contributed by atoms with van der Waals surface area (Å²) in [6.45, 7) is 5.72. The Labute approximate surface area is 159 Å². The zero-order chi connectivity index (χ0) is 18.1. The van der Waals surface area contributed by atoms with Gasteiger partial charge < -0.3 is 10.0 Å². The molecule has 0 aliphatic carbocycles. The summed E-state index contributed by atoms with van der Waals surface area (Å²) in [4.78, 5) is 16.0. The predicted octanol–water partition coefficient (Wildman–Crippen LogP) is 4.35. The molecule has 0 radical (unpaired) electrons. The van der Waals surface area contributed by atoms with Gasteiger partial charge in [0, 0.05) is 25.3 Å². The minimum atomic E-state index is -0.801. The number of aromatic nitrogens is 2. The van der Waals surface area contributed by atoms with Crippen molar-refractivity contribution >= 4 is 34.3 Å². The second-order valence-electron chi connectivity index (χ2n) is 6.38. The molecular formula is C17H30N4O2S2. The third kappa shape index (κ3) is 6.11. The number of hydrogen-bond acceptors (Lipinski definition) is 6. The molecule has 1 aromatic heterocycles. The number of anilines is 1. The van der Waals surface area contributed by atoms with Crippen LogP contribution in [0.2, 0.25) is 0 Å². The third-order valence-electron chi connectivity index (χ3n) is 4.29. The van der Waals surface area contributed by atoms with Gasteiger partial charge in [-0.25, -0.2) is 9.69 Å². The fourth-order valence-electron chi connectivity index (χ4n) is 2.79. The molecule has 0 saturated carbocycles. The number of nitrogens with zero attached hydrogens (tertiary/aromatic N) is 4. The Bertz CT molecular complexity index is 527. The van der Waals surface area contributed by atoms with Gasteiger partial charge >= 0.3 is 6.03 Å². The van der Waals surface area contributed by atoms with Crippen molar-refractivity contribution in [3.8, 4) is 0 Å². The minimum Gasteiger partial charge on any atom is -0.373 e. The zero-order valence-electron chi connectivity index (χ0n) is 15.3. The number of amides is 2. The summed E-state index contributed by atoms with van der Waals surface area (Å²) in [7, 11) is 0. The van der Waals surface area contributed by atoms with Crippen LogP contribution in [0.3, 0.4) is 0 Å². The van der Waals surface area contributed by atoms with E-state index in [-0.39, 0.29) is 6.03 Å². The highest BCUT2D eigenvalue weighted by atomic mass is 32.2. The second kappa shape index (κ2) is 11.0. The maximum absolute atomic E-state index is 12.7.